The highest BCUT2D eigenvalue weighted by atomic mass is 79.9. The van der Waals surface area contributed by atoms with Crippen molar-refractivity contribution in [1.29, 1.82) is 0 Å². The third kappa shape index (κ3) is 2.85. The van der Waals surface area contributed by atoms with Crippen molar-refractivity contribution in [1.82, 2.24) is 10.2 Å². The van der Waals surface area contributed by atoms with Crippen LogP contribution in [0.2, 0.25) is 0 Å². The lowest BCUT2D eigenvalue weighted by Gasteiger charge is -2.34. The highest BCUT2D eigenvalue weighted by Gasteiger charge is 2.23. The van der Waals surface area contributed by atoms with Crippen LogP contribution in [0.1, 0.15) is 11.6 Å². The molecule has 1 aromatic carbocycles. The van der Waals surface area contributed by atoms with Gasteiger partial charge >= 0.3 is 0 Å². The number of nitrogens with one attached hydrogen (secondary N) is 1. The lowest BCUT2D eigenvalue weighted by atomic mass is 10.1. The zero-order chi connectivity index (χ0) is 12.3. The maximum Gasteiger partial charge on any atom is 0.137 e. The Morgan fingerprint density at radius 2 is 2.12 bits per heavy atom. The maximum atomic E-state index is 13.5. The first-order valence-corrected chi connectivity index (χ1v) is 6.53. The van der Waals surface area contributed by atoms with E-state index in [0.29, 0.717) is 4.47 Å². The van der Waals surface area contributed by atoms with E-state index in [1.165, 1.54) is 6.07 Å². The Kier molecular flexibility index (Phi) is 4.50. The van der Waals surface area contributed by atoms with Gasteiger partial charge in [-0.05, 0) is 27.6 Å². The number of rotatable bonds is 3. The molecule has 5 heteroatoms. The zero-order valence-electron chi connectivity index (χ0n) is 9.50. The molecule has 0 aliphatic carbocycles. The van der Waals surface area contributed by atoms with E-state index in [0.717, 1.165) is 31.7 Å². The van der Waals surface area contributed by atoms with Crippen LogP contribution in [0.15, 0.2) is 22.7 Å². The summed E-state index contributed by atoms with van der Waals surface area (Å²) in [5.74, 6) is -0.281. The quantitative estimate of drug-likeness (QED) is 0.889. The molecule has 0 aromatic heterocycles. The molecular formula is C12H16BrFN2O. The largest absolute Gasteiger partial charge is 0.394 e. The summed E-state index contributed by atoms with van der Waals surface area (Å²) >= 11 is 3.26. The predicted octanol–water partition coefficient (Wildman–Crippen LogP) is 1.53. The summed E-state index contributed by atoms with van der Waals surface area (Å²) in [6, 6.07) is 4.82. The number of hydrogen-bond donors (Lipinski definition) is 2. The summed E-state index contributed by atoms with van der Waals surface area (Å²) in [4.78, 5) is 2.18. The summed E-state index contributed by atoms with van der Waals surface area (Å²) in [5, 5.41) is 12.8. The Balaban J connectivity index is 2.24. The molecule has 0 amide bonds. The van der Waals surface area contributed by atoms with Crippen molar-refractivity contribution in [3.63, 3.8) is 0 Å². The molecule has 0 bridgehead atoms. The SMILES string of the molecule is OC[C@H](c1cccc(F)c1Br)N1CCNCC1. The molecule has 1 heterocycles. The van der Waals surface area contributed by atoms with Gasteiger partial charge in [-0.25, -0.2) is 4.39 Å². The van der Waals surface area contributed by atoms with Gasteiger partial charge in [0, 0.05) is 26.2 Å². The highest BCUT2D eigenvalue weighted by molar-refractivity contribution is 9.10. The van der Waals surface area contributed by atoms with E-state index in [2.05, 4.69) is 26.1 Å². The van der Waals surface area contributed by atoms with Gasteiger partial charge in [0.05, 0.1) is 17.1 Å². The number of nitrogens with zero attached hydrogens (tertiary/aromatic N) is 1. The van der Waals surface area contributed by atoms with Crippen molar-refractivity contribution in [2.75, 3.05) is 32.8 Å². The molecule has 1 aromatic rings. The fraction of sp³-hybridized carbons (Fsp3) is 0.500. The summed E-state index contributed by atoms with van der Waals surface area (Å²) in [6.07, 6.45) is 0. The fourth-order valence-electron chi connectivity index (χ4n) is 2.18. The van der Waals surface area contributed by atoms with Gasteiger partial charge < -0.3 is 10.4 Å². The molecule has 1 aliphatic heterocycles. The topological polar surface area (TPSA) is 35.5 Å². The number of aliphatic hydroxyl groups is 1. The van der Waals surface area contributed by atoms with Gasteiger partial charge in [-0.1, -0.05) is 12.1 Å². The fourth-order valence-corrected chi connectivity index (χ4v) is 2.71. The average Bonchev–Trinajstić information content (AvgIpc) is 2.37. The van der Waals surface area contributed by atoms with E-state index in [4.69, 9.17) is 0 Å². The van der Waals surface area contributed by atoms with Crippen molar-refractivity contribution in [2.45, 2.75) is 6.04 Å². The minimum absolute atomic E-state index is 0.00204. The lowest BCUT2D eigenvalue weighted by molar-refractivity contribution is 0.110. The van der Waals surface area contributed by atoms with Gasteiger partial charge in [-0.15, -0.1) is 0 Å². The lowest BCUT2D eigenvalue weighted by Crippen LogP contribution is -2.46. The molecule has 94 valence electrons. The van der Waals surface area contributed by atoms with Gasteiger partial charge in [-0.2, -0.15) is 0 Å². The van der Waals surface area contributed by atoms with Crippen LogP contribution in [0.4, 0.5) is 4.39 Å². The van der Waals surface area contributed by atoms with Crippen molar-refractivity contribution >= 4 is 15.9 Å². The van der Waals surface area contributed by atoms with Gasteiger partial charge in [0.1, 0.15) is 5.82 Å². The zero-order valence-corrected chi connectivity index (χ0v) is 11.1. The molecule has 0 unspecified atom stereocenters. The van der Waals surface area contributed by atoms with Gasteiger partial charge in [0.2, 0.25) is 0 Å². The maximum absolute atomic E-state index is 13.5. The minimum Gasteiger partial charge on any atom is -0.394 e. The van der Waals surface area contributed by atoms with Crippen molar-refractivity contribution < 1.29 is 9.50 Å². The Hall–Kier alpha value is -0.490. The molecule has 3 nitrogen and oxygen atoms in total. The van der Waals surface area contributed by atoms with Crippen molar-refractivity contribution in [3.8, 4) is 0 Å². The second-order valence-corrected chi connectivity index (χ2v) is 4.92. The number of piperazine rings is 1. The van der Waals surface area contributed by atoms with Crippen LogP contribution < -0.4 is 5.32 Å². The van der Waals surface area contributed by atoms with E-state index in [1.807, 2.05) is 6.07 Å². The third-order valence-corrected chi connectivity index (χ3v) is 3.94. The molecule has 1 atom stereocenters. The van der Waals surface area contributed by atoms with Crippen LogP contribution in [0, 0.1) is 5.82 Å². The molecule has 0 radical (unpaired) electrons. The van der Waals surface area contributed by atoms with Crippen molar-refractivity contribution in [2.24, 2.45) is 0 Å². The Morgan fingerprint density at radius 3 is 2.76 bits per heavy atom. The van der Waals surface area contributed by atoms with Gasteiger partial charge in [0.15, 0.2) is 0 Å². The highest BCUT2D eigenvalue weighted by Crippen LogP contribution is 2.29. The Morgan fingerprint density at radius 1 is 1.41 bits per heavy atom. The van der Waals surface area contributed by atoms with E-state index in [-0.39, 0.29) is 18.5 Å². The van der Waals surface area contributed by atoms with E-state index in [9.17, 15) is 9.50 Å². The molecule has 0 saturated carbocycles. The number of benzene rings is 1. The Labute approximate surface area is 109 Å². The average molecular weight is 303 g/mol. The third-order valence-electron chi connectivity index (χ3n) is 3.11. The van der Waals surface area contributed by atoms with E-state index < -0.39 is 0 Å². The molecule has 2 rings (SSSR count). The normalized spacial score (nSPS) is 19.2. The first kappa shape index (κ1) is 13.0. The second-order valence-electron chi connectivity index (χ2n) is 4.13. The molecule has 0 spiro atoms. The summed E-state index contributed by atoms with van der Waals surface area (Å²) < 4.78 is 13.9. The Bertz CT molecular complexity index is 383. The van der Waals surface area contributed by atoms with Crippen molar-refractivity contribution in [3.05, 3.63) is 34.1 Å². The summed E-state index contributed by atoms with van der Waals surface area (Å²) in [7, 11) is 0. The van der Waals surface area contributed by atoms with Crippen LogP contribution >= 0.6 is 15.9 Å². The van der Waals surface area contributed by atoms with E-state index in [1.54, 1.807) is 6.07 Å². The monoisotopic (exact) mass is 302 g/mol. The first-order valence-electron chi connectivity index (χ1n) is 5.73. The standard InChI is InChI=1S/C12H16BrFN2O/c13-12-9(2-1-3-10(12)14)11(8-17)16-6-4-15-5-7-16/h1-3,11,15,17H,4-8H2/t11-/m1/s1. The summed E-state index contributed by atoms with van der Waals surface area (Å²) in [5.41, 5.74) is 0.814. The molecule has 17 heavy (non-hydrogen) atoms. The van der Waals surface area contributed by atoms with Crippen LogP contribution in [0.5, 0.6) is 0 Å². The molecular weight excluding hydrogens is 287 g/mol. The van der Waals surface area contributed by atoms with E-state index >= 15 is 0 Å². The molecule has 1 saturated heterocycles. The summed E-state index contributed by atoms with van der Waals surface area (Å²) in [6.45, 7) is 3.55. The van der Waals surface area contributed by atoms with Crippen LogP contribution in [0.3, 0.4) is 0 Å². The number of halogens is 2. The van der Waals surface area contributed by atoms with Crippen LogP contribution in [-0.4, -0.2) is 42.8 Å². The van der Waals surface area contributed by atoms with Crippen LogP contribution in [0.25, 0.3) is 0 Å². The smallest absolute Gasteiger partial charge is 0.137 e. The second kappa shape index (κ2) is 5.91. The predicted molar refractivity (Wildman–Crippen MR) is 68.4 cm³/mol. The minimum atomic E-state index is -0.281. The first-order chi connectivity index (χ1) is 8.24. The van der Waals surface area contributed by atoms with Crippen LogP contribution in [-0.2, 0) is 0 Å². The van der Waals surface area contributed by atoms with Gasteiger partial charge in [-0.3, -0.25) is 4.90 Å². The molecule has 2 N–H and O–H groups in total. The van der Waals surface area contributed by atoms with Gasteiger partial charge in [0.25, 0.3) is 0 Å². The number of aliphatic hydroxyl groups excluding tert-OH is 1. The molecule has 1 aliphatic rings. The molecule has 1 fully saturated rings. The number of hydrogen-bond acceptors (Lipinski definition) is 3.